The summed E-state index contributed by atoms with van der Waals surface area (Å²) in [6.07, 6.45) is 4.33. The Kier molecular flexibility index (Phi) is 3.50. The quantitative estimate of drug-likeness (QED) is 0.686. The van der Waals surface area contributed by atoms with Crippen LogP contribution in [0.5, 0.6) is 0 Å². The molecule has 0 bridgehead atoms. The Morgan fingerprint density at radius 2 is 2.14 bits per heavy atom. The molecule has 1 atom stereocenters. The molecule has 6 heteroatoms. The fourth-order valence-corrected chi connectivity index (χ4v) is 5.18. The summed E-state index contributed by atoms with van der Waals surface area (Å²) in [7, 11) is 1.94. The van der Waals surface area contributed by atoms with Crippen molar-refractivity contribution in [3.63, 3.8) is 0 Å². The van der Waals surface area contributed by atoms with Gasteiger partial charge in [-0.2, -0.15) is 0 Å². The van der Waals surface area contributed by atoms with E-state index in [1.165, 1.54) is 33.8 Å². The minimum atomic E-state index is -0.475. The fraction of sp³-hybridized carbons (Fsp3) is 0.667. The van der Waals surface area contributed by atoms with Gasteiger partial charge < -0.3 is 16.8 Å². The lowest BCUT2D eigenvalue weighted by Gasteiger charge is -2.33. The molecule has 0 amide bonds. The van der Waals surface area contributed by atoms with Gasteiger partial charge in [-0.25, -0.2) is 4.99 Å². The Labute approximate surface area is 130 Å². The zero-order valence-corrected chi connectivity index (χ0v) is 13.9. The molecule has 21 heavy (non-hydrogen) atoms. The van der Waals surface area contributed by atoms with Crippen molar-refractivity contribution in [2.75, 3.05) is 18.9 Å². The summed E-state index contributed by atoms with van der Waals surface area (Å²) >= 11 is 1.88. The first-order valence-electron chi connectivity index (χ1n) is 7.61. The summed E-state index contributed by atoms with van der Waals surface area (Å²) in [5, 5.41) is 6.67. The van der Waals surface area contributed by atoms with Crippen LogP contribution in [0.25, 0.3) is 0 Å². The van der Waals surface area contributed by atoms with Crippen LogP contribution in [0.2, 0.25) is 0 Å². The van der Waals surface area contributed by atoms with Gasteiger partial charge in [0, 0.05) is 11.3 Å². The predicted molar refractivity (Wildman–Crippen MR) is 89.9 cm³/mol. The second-order valence-electron chi connectivity index (χ2n) is 6.62. The third-order valence-corrected chi connectivity index (χ3v) is 6.46. The molecule has 1 aliphatic carbocycles. The summed E-state index contributed by atoms with van der Waals surface area (Å²) < 4.78 is 0. The molecule has 2 aliphatic rings. The highest BCUT2D eigenvalue weighted by molar-refractivity contribution is 7.13. The standard InChI is InChI=1S/C15H25N5S/c1-14(2)6-4-5-9-10-12(21-11(9)14)15(18-3,7-8-16)20-13(17)19-10/h18H,4-8,16H2,1-3H3,(H3,17,19,20). The molecule has 0 spiro atoms. The number of fused-ring (bicyclic) bond motifs is 3. The number of hydrogen-bond donors (Lipinski definition) is 4. The number of nitrogens with zero attached hydrogens (tertiary/aromatic N) is 1. The Balaban J connectivity index is 2.19. The second-order valence-corrected chi connectivity index (χ2v) is 7.64. The predicted octanol–water partition coefficient (Wildman–Crippen LogP) is 1.82. The molecule has 0 aromatic carbocycles. The van der Waals surface area contributed by atoms with Gasteiger partial charge in [-0.3, -0.25) is 5.32 Å². The van der Waals surface area contributed by atoms with E-state index in [0.717, 1.165) is 12.8 Å². The maximum absolute atomic E-state index is 6.05. The molecular formula is C15H25N5S. The molecule has 1 aliphatic heterocycles. The van der Waals surface area contributed by atoms with Gasteiger partial charge in [0.15, 0.2) is 11.6 Å². The largest absolute Gasteiger partial charge is 0.370 e. The van der Waals surface area contributed by atoms with Crippen molar-refractivity contribution in [1.82, 2.24) is 5.32 Å². The van der Waals surface area contributed by atoms with E-state index in [9.17, 15) is 0 Å². The third-order valence-electron chi connectivity index (χ3n) is 4.71. The molecule has 1 aromatic rings. The van der Waals surface area contributed by atoms with Gasteiger partial charge in [-0.15, -0.1) is 11.3 Å². The molecule has 2 heterocycles. The molecule has 116 valence electrons. The van der Waals surface area contributed by atoms with Crippen molar-refractivity contribution in [2.24, 2.45) is 16.5 Å². The number of nitrogens with two attached hydrogens (primary N) is 2. The van der Waals surface area contributed by atoms with Crippen LogP contribution in [0.1, 0.15) is 48.4 Å². The SMILES string of the molecule is CNC1(CCN)N=C(N)Nc2c1sc1c2CCCC1(C)C. The fourth-order valence-electron chi connectivity index (χ4n) is 3.58. The van der Waals surface area contributed by atoms with E-state index in [4.69, 9.17) is 11.5 Å². The van der Waals surface area contributed by atoms with Crippen molar-refractivity contribution in [1.29, 1.82) is 0 Å². The topological polar surface area (TPSA) is 88.5 Å². The molecule has 0 radical (unpaired) electrons. The summed E-state index contributed by atoms with van der Waals surface area (Å²) in [5.74, 6) is 0.481. The lowest BCUT2D eigenvalue weighted by atomic mass is 9.77. The maximum Gasteiger partial charge on any atom is 0.195 e. The molecule has 0 saturated carbocycles. The first kappa shape index (κ1) is 14.8. The van der Waals surface area contributed by atoms with E-state index in [1.54, 1.807) is 0 Å². The van der Waals surface area contributed by atoms with Crippen LogP contribution in [0.4, 0.5) is 5.69 Å². The molecule has 0 saturated heterocycles. The first-order chi connectivity index (χ1) is 9.93. The first-order valence-corrected chi connectivity index (χ1v) is 8.43. The molecular weight excluding hydrogens is 282 g/mol. The Morgan fingerprint density at radius 3 is 2.81 bits per heavy atom. The number of thiophene rings is 1. The maximum atomic E-state index is 6.05. The van der Waals surface area contributed by atoms with Crippen molar-refractivity contribution in [2.45, 2.75) is 50.6 Å². The number of guanidine groups is 1. The van der Waals surface area contributed by atoms with Gasteiger partial charge >= 0.3 is 0 Å². The lowest BCUT2D eigenvalue weighted by molar-refractivity contribution is 0.361. The summed E-state index contributed by atoms with van der Waals surface area (Å²) in [6.45, 7) is 5.24. The Morgan fingerprint density at radius 1 is 1.38 bits per heavy atom. The average molecular weight is 307 g/mol. The molecule has 6 N–H and O–H groups in total. The van der Waals surface area contributed by atoms with E-state index < -0.39 is 5.66 Å². The van der Waals surface area contributed by atoms with Crippen LogP contribution in [0.3, 0.4) is 0 Å². The van der Waals surface area contributed by atoms with Gasteiger partial charge in [0.25, 0.3) is 0 Å². The highest BCUT2D eigenvalue weighted by Crippen LogP contribution is 2.51. The van der Waals surface area contributed by atoms with E-state index in [0.29, 0.717) is 12.5 Å². The highest BCUT2D eigenvalue weighted by Gasteiger charge is 2.42. The number of nitrogens with one attached hydrogen (secondary N) is 2. The molecule has 5 nitrogen and oxygen atoms in total. The molecule has 3 rings (SSSR count). The molecule has 1 aromatic heterocycles. The lowest BCUT2D eigenvalue weighted by Crippen LogP contribution is -2.45. The van der Waals surface area contributed by atoms with Crippen molar-refractivity contribution in [3.05, 3.63) is 15.3 Å². The van der Waals surface area contributed by atoms with Gasteiger partial charge in [0.1, 0.15) is 0 Å². The van der Waals surface area contributed by atoms with E-state index in [1.807, 2.05) is 18.4 Å². The number of aliphatic imine (C=N–C) groups is 1. The number of rotatable bonds is 3. The third kappa shape index (κ3) is 2.17. The van der Waals surface area contributed by atoms with Gasteiger partial charge in [0.2, 0.25) is 0 Å². The van der Waals surface area contributed by atoms with Crippen molar-refractivity contribution in [3.8, 4) is 0 Å². The summed E-state index contributed by atoms with van der Waals surface area (Å²) in [5.41, 5.74) is 14.3. The number of anilines is 1. The zero-order valence-electron chi connectivity index (χ0n) is 13.0. The van der Waals surface area contributed by atoms with Crippen LogP contribution in [-0.4, -0.2) is 19.6 Å². The number of hydrogen-bond acceptors (Lipinski definition) is 6. The van der Waals surface area contributed by atoms with Crippen LogP contribution in [0, 0.1) is 0 Å². The van der Waals surface area contributed by atoms with Crippen molar-refractivity contribution < 1.29 is 0 Å². The van der Waals surface area contributed by atoms with Crippen molar-refractivity contribution >= 4 is 23.0 Å². The van der Waals surface area contributed by atoms with Crippen LogP contribution in [0.15, 0.2) is 4.99 Å². The van der Waals surface area contributed by atoms with Crippen LogP contribution < -0.4 is 22.1 Å². The van der Waals surface area contributed by atoms with Gasteiger partial charge in [0.05, 0.1) is 10.6 Å². The monoisotopic (exact) mass is 307 g/mol. The Hall–Kier alpha value is -1.11. The zero-order chi connectivity index (χ0) is 15.3. The molecule has 0 fully saturated rings. The van der Waals surface area contributed by atoms with E-state index in [-0.39, 0.29) is 5.41 Å². The van der Waals surface area contributed by atoms with Gasteiger partial charge in [-0.1, -0.05) is 13.8 Å². The second kappa shape index (κ2) is 4.97. The van der Waals surface area contributed by atoms with E-state index in [2.05, 4.69) is 29.5 Å². The van der Waals surface area contributed by atoms with Crippen LogP contribution in [-0.2, 0) is 17.5 Å². The van der Waals surface area contributed by atoms with Crippen LogP contribution >= 0.6 is 11.3 Å². The Bertz CT molecular complexity index is 589. The summed E-state index contributed by atoms with van der Waals surface area (Å²) in [6, 6.07) is 0. The molecule has 1 unspecified atom stereocenters. The smallest absolute Gasteiger partial charge is 0.195 e. The highest BCUT2D eigenvalue weighted by atomic mass is 32.1. The normalized spacial score (nSPS) is 26.6. The average Bonchev–Trinajstić information content (AvgIpc) is 2.80. The minimum Gasteiger partial charge on any atom is -0.370 e. The van der Waals surface area contributed by atoms with E-state index >= 15 is 0 Å². The minimum absolute atomic E-state index is 0.230. The summed E-state index contributed by atoms with van der Waals surface area (Å²) in [4.78, 5) is 7.38. The van der Waals surface area contributed by atoms with Gasteiger partial charge in [-0.05, 0) is 43.8 Å².